The average Bonchev–Trinajstić information content (AvgIpc) is 2.40. The van der Waals surface area contributed by atoms with E-state index >= 15 is 0 Å². The van der Waals surface area contributed by atoms with Crippen LogP contribution in [0.1, 0.15) is 0 Å². The van der Waals surface area contributed by atoms with E-state index < -0.39 is 4.92 Å². The first-order valence-electron chi connectivity index (χ1n) is 3.81. The van der Waals surface area contributed by atoms with Gasteiger partial charge in [0.15, 0.2) is 5.00 Å². The number of fused-ring (bicyclic) bond motifs is 1. The molecule has 0 spiro atoms. The molecule has 0 saturated carbocycles. The van der Waals surface area contributed by atoms with Crippen molar-refractivity contribution in [3.63, 3.8) is 0 Å². The topological polar surface area (TPSA) is 95.2 Å². The summed E-state index contributed by atoms with van der Waals surface area (Å²) in [5, 5.41) is 11.4. The Bertz CT molecular complexity index is 521. The number of nitro groups is 1. The smallest absolute Gasteiger partial charge is 0.311 e. The van der Waals surface area contributed by atoms with E-state index in [-0.39, 0.29) is 10.7 Å². The summed E-state index contributed by atoms with van der Waals surface area (Å²) in [5.74, 6) is 0. The highest BCUT2D eigenvalue weighted by Gasteiger charge is 2.19. The summed E-state index contributed by atoms with van der Waals surface area (Å²) in [6.07, 6.45) is 0. The summed E-state index contributed by atoms with van der Waals surface area (Å²) in [7, 11) is 0. The first kappa shape index (κ1) is 8.76. The molecule has 0 amide bonds. The van der Waals surface area contributed by atoms with Gasteiger partial charge in [0.2, 0.25) is 0 Å². The molecule has 0 bridgehead atoms. The van der Waals surface area contributed by atoms with Gasteiger partial charge in [0.05, 0.1) is 10.3 Å². The van der Waals surface area contributed by atoms with Crippen LogP contribution in [0.3, 0.4) is 0 Å². The lowest BCUT2D eigenvalue weighted by atomic mass is 10.2. The van der Waals surface area contributed by atoms with E-state index in [0.29, 0.717) is 11.1 Å². The molecule has 2 rings (SSSR count). The van der Waals surface area contributed by atoms with Crippen molar-refractivity contribution in [2.45, 2.75) is 0 Å². The van der Waals surface area contributed by atoms with Crippen molar-refractivity contribution in [2.24, 2.45) is 0 Å². The van der Waals surface area contributed by atoms with E-state index in [2.05, 4.69) is 0 Å². The molecule has 1 aromatic carbocycles. The predicted molar refractivity (Wildman–Crippen MR) is 57.3 cm³/mol. The van der Waals surface area contributed by atoms with Crippen molar-refractivity contribution in [1.82, 2.24) is 0 Å². The molecule has 0 aliphatic carbocycles. The maximum Gasteiger partial charge on any atom is 0.311 e. The third-order valence-corrected chi connectivity index (χ3v) is 2.88. The fourth-order valence-corrected chi connectivity index (χ4v) is 2.23. The lowest BCUT2D eigenvalue weighted by molar-refractivity contribution is -0.381. The molecule has 0 unspecified atom stereocenters. The number of nitrogens with two attached hydrogens (primary N) is 2. The van der Waals surface area contributed by atoms with Crippen LogP contribution in [0.4, 0.5) is 16.4 Å². The molecule has 6 heteroatoms. The van der Waals surface area contributed by atoms with Gasteiger partial charge in [-0.1, -0.05) is 0 Å². The molecule has 0 aliphatic rings. The van der Waals surface area contributed by atoms with Crippen LogP contribution in [0.2, 0.25) is 0 Å². The number of benzene rings is 1. The Labute approximate surface area is 83.1 Å². The second-order valence-corrected chi connectivity index (χ2v) is 3.91. The largest absolute Gasteiger partial charge is 0.399 e. The molecule has 1 aromatic heterocycles. The van der Waals surface area contributed by atoms with Crippen molar-refractivity contribution in [2.75, 3.05) is 11.5 Å². The highest BCUT2D eigenvalue weighted by atomic mass is 32.1. The normalized spacial score (nSPS) is 10.6. The van der Waals surface area contributed by atoms with Crippen LogP contribution in [0.15, 0.2) is 18.2 Å². The molecule has 5 nitrogen and oxygen atoms in total. The number of anilines is 2. The van der Waals surface area contributed by atoms with E-state index in [4.69, 9.17) is 11.5 Å². The predicted octanol–water partition coefficient (Wildman–Crippen LogP) is 1.97. The second kappa shape index (κ2) is 2.85. The van der Waals surface area contributed by atoms with E-state index in [1.165, 1.54) is 11.3 Å². The third kappa shape index (κ3) is 1.16. The van der Waals surface area contributed by atoms with Gasteiger partial charge in [-0.25, -0.2) is 0 Å². The molecular weight excluding hydrogens is 202 g/mol. The van der Waals surface area contributed by atoms with E-state index in [9.17, 15) is 10.1 Å². The molecule has 0 aliphatic heterocycles. The van der Waals surface area contributed by atoms with Crippen molar-refractivity contribution in [1.29, 1.82) is 0 Å². The zero-order chi connectivity index (χ0) is 10.3. The number of nitrogens with zero attached hydrogens (tertiary/aromatic N) is 1. The molecule has 14 heavy (non-hydrogen) atoms. The van der Waals surface area contributed by atoms with Crippen LogP contribution >= 0.6 is 11.3 Å². The highest BCUT2D eigenvalue weighted by molar-refractivity contribution is 7.23. The van der Waals surface area contributed by atoms with Gasteiger partial charge in [0.1, 0.15) is 0 Å². The maximum absolute atomic E-state index is 10.7. The summed E-state index contributed by atoms with van der Waals surface area (Å²) in [6.45, 7) is 0. The van der Waals surface area contributed by atoms with Crippen LogP contribution < -0.4 is 11.5 Å². The van der Waals surface area contributed by atoms with Crippen LogP contribution in [-0.4, -0.2) is 4.92 Å². The van der Waals surface area contributed by atoms with E-state index in [1.54, 1.807) is 18.2 Å². The monoisotopic (exact) mass is 209 g/mol. The Morgan fingerprint density at radius 2 is 2.07 bits per heavy atom. The van der Waals surface area contributed by atoms with Crippen molar-refractivity contribution in [3.05, 3.63) is 28.3 Å². The molecule has 0 fully saturated rings. The molecule has 2 aromatic rings. The summed E-state index contributed by atoms with van der Waals surface area (Å²) < 4.78 is 0.781. The molecule has 72 valence electrons. The zero-order valence-electron chi connectivity index (χ0n) is 7.06. The number of hydrogen-bond donors (Lipinski definition) is 2. The first-order valence-corrected chi connectivity index (χ1v) is 4.63. The lowest BCUT2D eigenvalue weighted by Crippen LogP contribution is -1.91. The molecule has 0 atom stereocenters. The standard InChI is InChI=1S/C8H7N3O2S/c9-4-1-2-6-5(3-4)7(11(12)13)8(10)14-6/h1-3H,9-10H2. The molecule has 0 radical (unpaired) electrons. The van der Waals surface area contributed by atoms with Crippen LogP contribution in [-0.2, 0) is 0 Å². The number of rotatable bonds is 1. The Morgan fingerprint density at radius 3 is 2.71 bits per heavy atom. The Morgan fingerprint density at radius 1 is 1.36 bits per heavy atom. The van der Waals surface area contributed by atoms with Crippen LogP contribution in [0.5, 0.6) is 0 Å². The van der Waals surface area contributed by atoms with Gasteiger partial charge in [-0.15, -0.1) is 11.3 Å². The zero-order valence-corrected chi connectivity index (χ0v) is 7.88. The average molecular weight is 209 g/mol. The first-order chi connectivity index (χ1) is 6.59. The quantitative estimate of drug-likeness (QED) is 0.426. The number of nitrogen functional groups attached to an aromatic ring is 2. The Balaban J connectivity index is 2.86. The van der Waals surface area contributed by atoms with Gasteiger partial charge in [-0.3, -0.25) is 10.1 Å². The molecule has 4 N–H and O–H groups in total. The van der Waals surface area contributed by atoms with Gasteiger partial charge in [0, 0.05) is 10.4 Å². The highest BCUT2D eigenvalue weighted by Crippen LogP contribution is 2.40. The van der Waals surface area contributed by atoms with Gasteiger partial charge in [-0.05, 0) is 18.2 Å². The minimum Gasteiger partial charge on any atom is -0.399 e. The van der Waals surface area contributed by atoms with Crippen molar-refractivity contribution in [3.8, 4) is 0 Å². The molecule has 0 saturated heterocycles. The second-order valence-electron chi connectivity index (χ2n) is 2.83. The van der Waals surface area contributed by atoms with E-state index in [0.717, 1.165) is 4.70 Å². The van der Waals surface area contributed by atoms with Gasteiger partial charge >= 0.3 is 5.69 Å². The van der Waals surface area contributed by atoms with E-state index in [1.807, 2.05) is 0 Å². The van der Waals surface area contributed by atoms with Gasteiger partial charge in [0.25, 0.3) is 0 Å². The van der Waals surface area contributed by atoms with Crippen LogP contribution in [0.25, 0.3) is 10.1 Å². The van der Waals surface area contributed by atoms with Gasteiger partial charge in [-0.2, -0.15) is 0 Å². The summed E-state index contributed by atoms with van der Waals surface area (Å²) in [6, 6.07) is 5.00. The fraction of sp³-hybridized carbons (Fsp3) is 0. The number of thiophene rings is 1. The maximum atomic E-state index is 10.7. The fourth-order valence-electron chi connectivity index (χ4n) is 1.31. The Hall–Kier alpha value is -1.82. The molecular formula is C8H7N3O2S. The lowest BCUT2D eigenvalue weighted by Gasteiger charge is -1.92. The van der Waals surface area contributed by atoms with Gasteiger partial charge < -0.3 is 11.5 Å². The van der Waals surface area contributed by atoms with Crippen LogP contribution in [0, 0.1) is 10.1 Å². The minimum atomic E-state index is -0.479. The molecule has 1 heterocycles. The minimum absolute atomic E-state index is 0.0442. The summed E-state index contributed by atoms with van der Waals surface area (Å²) in [5.41, 5.74) is 11.5. The summed E-state index contributed by atoms with van der Waals surface area (Å²) >= 11 is 1.20. The third-order valence-electron chi connectivity index (χ3n) is 1.89. The van der Waals surface area contributed by atoms with Crippen molar-refractivity contribution >= 4 is 37.8 Å². The van der Waals surface area contributed by atoms with Crippen molar-refractivity contribution < 1.29 is 4.92 Å². The number of hydrogen-bond acceptors (Lipinski definition) is 5. The summed E-state index contributed by atoms with van der Waals surface area (Å²) in [4.78, 5) is 10.2. The SMILES string of the molecule is Nc1ccc2sc(N)c([N+](=O)[O-])c2c1. The Kier molecular flexibility index (Phi) is 1.78.